The molecule has 12 nitrogen and oxygen atoms in total. The molecule has 0 spiro atoms. The van der Waals surface area contributed by atoms with Crippen molar-refractivity contribution in [2.45, 2.75) is 139 Å². The van der Waals surface area contributed by atoms with Crippen molar-refractivity contribution >= 4 is 397 Å². The van der Waals surface area contributed by atoms with Crippen LogP contribution in [0.25, 0.3) is 89.7 Å². The molecular weight excluding hydrogens is 1660 g/mol. The van der Waals surface area contributed by atoms with Crippen molar-refractivity contribution in [2.75, 3.05) is 0 Å². The van der Waals surface area contributed by atoms with E-state index in [1.165, 1.54) is 0 Å². The van der Waals surface area contributed by atoms with Gasteiger partial charge in [-0.1, -0.05) is 24.3 Å². The van der Waals surface area contributed by atoms with E-state index in [4.69, 9.17) is 235 Å². The average molecular weight is 1710 g/mol. The van der Waals surface area contributed by atoms with Gasteiger partial charge in [0.05, 0.1) is 110 Å². The maximum atomic E-state index is 7.11. The first kappa shape index (κ1) is 99.4. The standard InChI is InChI=1S/C80H50B48N8O4/c81-105-65-73(113-89,121(65)97)25-33-9-34(26-74(114-90)66(106-82)122(74)98)14-45(13-33)137-41-1-5-49-53(21-41)61-130-57(49)129-58-50-6-2-43(139-47-17-37(29-77(117-93)69(109-85)125(77)101)11-38(18-47)30-78(118-94)70(110-86)126(78)102)23-55(50)63(131-58)136-64-56-24-44(140-48-19-39(31-79(119-95)71(111-87)127(79)103)12-40(20-48)32-80(120-96)72(112-88)128(80)104)4-8-52(56)60(135-64)134-62-54-22-42(3-7-51(54)59(132-61)133-62)138-46-15-35(27-75(115-91)67(107-83)123(75)99)10-36(16-46)28-76(116-92)68(108-84)124(76)100/h1-24,65-72H,25-32H2,(H2,129,130,131,132,133,134,135,136)/i105+0,106+0,107+0,108+0,109+0,110+0,111+0,112+0,113+0,114+0,115+0,116+0,117+0,118+0,119+0,120+0,121+0,122+0,123+0,124+0,125+0,126+0,127+0,128+0. The summed E-state index contributed by atoms with van der Waals surface area (Å²) >= 11 is 0. The summed E-state index contributed by atoms with van der Waals surface area (Å²) in [7, 11) is 181. The van der Waals surface area contributed by atoms with Gasteiger partial charge in [-0.2, -0.15) is 0 Å². The van der Waals surface area contributed by atoms with Gasteiger partial charge in [-0.25, -0.2) is 29.9 Å². The van der Waals surface area contributed by atoms with E-state index in [-0.39, 0.29) is 122 Å². The molecule has 16 unspecified atom stereocenters. The molecule has 0 amide bonds. The summed E-state index contributed by atoms with van der Waals surface area (Å²) in [6.45, 7) is -2.53. The van der Waals surface area contributed by atoms with E-state index in [1.54, 1.807) is 115 Å². The molecule has 8 bridgehead atoms. The first-order valence-electron chi connectivity index (χ1n) is 47.1. The highest BCUT2D eigenvalue weighted by Crippen LogP contribution is 2.69. The Kier molecular flexibility index (Phi) is 27.0. The van der Waals surface area contributed by atoms with E-state index < -0.39 is 41.7 Å². The highest BCUT2D eigenvalue weighted by Gasteiger charge is 2.65. The molecule has 578 valence electrons. The molecule has 140 heavy (non-hydrogen) atoms. The van der Waals surface area contributed by atoms with Crippen LogP contribution in [0.1, 0.15) is 44.5 Å². The Balaban J connectivity index is 0.750. The number of aromatic nitrogens is 8. The number of nitrogens with one attached hydrogen (secondary N) is 2. The van der Waals surface area contributed by atoms with Crippen LogP contribution in [0.2, 0.25) is 87.4 Å². The Morgan fingerprint density at radius 3 is 0.593 bits per heavy atom. The van der Waals surface area contributed by atoms with E-state index in [1.807, 2.05) is 121 Å². The topological polar surface area (TPSA) is 146 Å². The molecule has 8 saturated heterocycles. The summed E-state index contributed by atoms with van der Waals surface area (Å²) in [6.07, 6.45) is 3.58. The lowest BCUT2D eigenvalue weighted by Crippen LogP contribution is -2.17. The van der Waals surface area contributed by atoms with Crippen LogP contribution >= 0.6 is 0 Å². The van der Waals surface area contributed by atoms with Gasteiger partial charge in [0.25, 0.3) is 0 Å². The number of rotatable bonds is 40. The fraction of sp³-hybridized carbons (Fsp3) is 0.300. The molecule has 60 heteroatoms. The van der Waals surface area contributed by atoms with Crippen LogP contribution in [-0.4, -0.2) is 393 Å². The van der Waals surface area contributed by atoms with Crippen LogP contribution < -0.4 is 18.9 Å². The number of hydrogen-bond donors (Lipinski definition) is 2. The van der Waals surface area contributed by atoms with E-state index >= 15 is 0 Å². The summed E-state index contributed by atoms with van der Waals surface area (Å²) in [5.74, 6) is 4.71. The van der Waals surface area contributed by atoms with Crippen molar-refractivity contribution in [3.63, 3.8) is 0 Å². The van der Waals surface area contributed by atoms with Gasteiger partial charge in [0.2, 0.25) is 0 Å². The van der Waals surface area contributed by atoms with Crippen LogP contribution in [0.5, 0.6) is 46.0 Å². The SMILES string of the molecule is [B][11B]C1[11B]([B])C1([11B][B])Cc1cc(CC2([11B][B])[11B]([B])C2[11B][B])cc(Oc2ccc3c(c2)-c2nc-3nc3[nH]c(nc4nc(nc5[nH]c(n2)c2ccc(Oc6cc(CC7([11B][B])[11B]([B])C7[11B][B])cc(CC7([11B][B])[11B]([B])C7[11B][B])c6)cc52)-c2ccc(Oc5cc(CC6([11B][B])[11B]([B])C6[11B][B])cc(CC6([11B][B])[11B]([B])C6[11B][B])c5)cc2-4)c2cc(Oc4cc(CC5([11B][B])[11B]([B])C5[11B][B])cc(CC5([11B][B])[11B]([B])C5[11B][B])c4)ccc32)c1. The minimum Gasteiger partial charge on any atom is -0.457 e. The molecule has 8 aromatic carbocycles. The number of aromatic amines is 2. The Morgan fingerprint density at radius 2 is 0.400 bits per heavy atom. The summed E-state index contributed by atoms with van der Waals surface area (Å²) < 4.78 is 28.4. The van der Waals surface area contributed by atoms with Crippen molar-refractivity contribution in [2.24, 2.45) is 0 Å². The molecule has 13 heterocycles. The predicted octanol–water partition coefficient (Wildman–Crippen LogP) is 0.575. The second-order valence-corrected chi connectivity index (χ2v) is 40.4. The van der Waals surface area contributed by atoms with Gasteiger partial charge in [0.15, 0.2) is 23.3 Å². The molecular formula is C80H50B48N8O4. The zero-order chi connectivity index (χ0) is 98.1. The molecule has 11 aromatic rings. The summed E-state index contributed by atoms with van der Waals surface area (Å²) in [6, 6.07) is 46.9. The molecule has 64 radical (unpaired) electrons. The lowest BCUT2D eigenvalue weighted by Gasteiger charge is -2.22. The van der Waals surface area contributed by atoms with Gasteiger partial charge in [-0.3, -0.25) is 0 Å². The third kappa shape index (κ3) is 16.7. The van der Waals surface area contributed by atoms with Crippen molar-refractivity contribution in [3.05, 3.63) is 190 Å². The van der Waals surface area contributed by atoms with E-state index in [9.17, 15) is 0 Å². The second kappa shape index (κ2) is 38.0. The Labute approximate surface area is 869 Å². The number of nitrogens with zero attached hydrogens (tertiary/aromatic N) is 6. The molecule has 0 saturated carbocycles. The maximum absolute atomic E-state index is 7.11. The average Bonchev–Trinajstić information content (AvgIpc) is 1.56. The van der Waals surface area contributed by atoms with Crippen LogP contribution in [0.15, 0.2) is 146 Å². The number of ether oxygens (including phenoxy) is 4. The first-order chi connectivity index (χ1) is 67.5. The molecule has 2 N–H and O–H groups in total. The lowest BCUT2D eigenvalue weighted by atomic mass is 9.38. The monoisotopic (exact) mass is 1710 g/mol. The number of hydrogen-bond acceptors (Lipinski definition) is 10. The number of H-pyrrole nitrogens is 2. The van der Waals surface area contributed by atoms with Crippen LogP contribution in [-0.2, 0) is 51.4 Å². The minimum absolute atomic E-state index is 0.164. The molecule has 16 atom stereocenters. The normalized spacial score (nSPS) is 27.3. The summed E-state index contributed by atoms with van der Waals surface area (Å²) in [5, 5.41) is -2.59. The quantitative estimate of drug-likeness (QED) is 0.0524. The molecule has 8 fully saturated rings. The predicted molar refractivity (Wildman–Crippen MR) is 619 cm³/mol. The van der Waals surface area contributed by atoms with Crippen LogP contribution in [0, 0.1) is 0 Å². The van der Waals surface area contributed by atoms with E-state index in [0.717, 1.165) is 44.5 Å². The van der Waals surface area contributed by atoms with Gasteiger partial charge < -0.3 is 28.9 Å². The van der Waals surface area contributed by atoms with E-state index in [2.05, 4.69) is 34.2 Å². The zero-order valence-electron chi connectivity index (χ0n) is 77.2. The van der Waals surface area contributed by atoms with E-state index in [0.29, 0.717) is 164 Å². The van der Waals surface area contributed by atoms with Crippen molar-refractivity contribution < 1.29 is 18.9 Å². The smallest absolute Gasteiger partial charge is 0.164 e. The third-order valence-corrected chi connectivity index (χ3v) is 33.1. The van der Waals surface area contributed by atoms with Crippen LogP contribution in [0.4, 0.5) is 0 Å². The molecule has 10 aliphatic rings. The largest absolute Gasteiger partial charge is 0.457 e. The van der Waals surface area contributed by atoms with Crippen molar-refractivity contribution in [1.82, 2.24) is 39.9 Å². The highest BCUT2D eigenvalue weighted by molar-refractivity contribution is 7.34. The molecule has 3 aromatic heterocycles. The van der Waals surface area contributed by atoms with Gasteiger partial charge in [-0.05, 0) is 217 Å². The first-order valence-corrected chi connectivity index (χ1v) is 47.1. The number of fused-ring (bicyclic) bond motifs is 20. The van der Waals surface area contributed by atoms with Crippen LogP contribution in [0.3, 0.4) is 0 Å². The summed E-state index contributed by atoms with van der Waals surface area (Å²) in [4.78, 5) is 40.4. The minimum atomic E-state index is -0.625. The Bertz CT molecular complexity index is 6720. The second-order valence-electron chi connectivity index (χ2n) is 40.4. The third-order valence-electron chi connectivity index (χ3n) is 33.1. The van der Waals surface area contributed by atoms with Gasteiger partial charge >= 0.3 is 0 Å². The van der Waals surface area contributed by atoms with Gasteiger partial charge in [0, 0.05) is 287 Å². The van der Waals surface area contributed by atoms with Gasteiger partial charge in [-0.15, -0.1) is 87.4 Å². The van der Waals surface area contributed by atoms with Gasteiger partial charge in [0.1, 0.15) is 68.6 Å². The lowest BCUT2D eigenvalue weighted by molar-refractivity contribution is 0.481. The maximum Gasteiger partial charge on any atom is 0.164 e. The molecule has 21 rings (SSSR count). The highest BCUT2D eigenvalue weighted by atomic mass is 16.5. The Morgan fingerprint density at radius 1 is 0.214 bits per heavy atom. The Hall–Kier alpha value is -6.56. The molecule has 10 aliphatic heterocycles. The zero-order valence-corrected chi connectivity index (χ0v) is 77.2. The fourth-order valence-corrected chi connectivity index (χ4v) is 24.0. The van der Waals surface area contributed by atoms with Crippen molar-refractivity contribution in [3.8, 4) is 91.5 Å². The van der Waals surface area contributed by atoms with Crippen molar-refractivity contribution in [1.29, 1.82) is 0 Å². The summed E-state index contributed by atoms with van der Waals surface area (Å²) in [5.41, 5.74) is 9.39. The molecule has 0 aliphatic carbocycles. The fourth-order valence-electron chi connectivity index (χ4n) is 24.0. The number of benzene rings is 8.